The maximum atomic E-state index is 13.3. The summed E-state index contributed by atoms with van der Waals surface area (Å²) in [6.07, 6.45) is 0.831. The van der Waals surface area contributed by atoms with E-state index >= 15 is 0 Å². The summed E-state index contributed by atoms with van der Waals surface area (Å²) in [5.74, 6) is 1.15. The molecule has 0 fully saturated rings. The van der Waals surface area contributed by atoms with Gasteiger partial charge in [-0.2, -0.15) is 5.10 Å². The number of aliphatic imine (C=N–C) groups is 1. The van der Waals surface area contributed by atoms with E-state index in [4.69, 9.17) is 19.2 Å². The van der Waals surface area contributed by atoms with E-state index in [1.807, 2.05) is 49.8 Å². The molecule has 2 N–H and O–H groups in total. The number of carbonyl (C=O) groups is 1. The topological polar surface area (TPSA) is 99.0 Å². The standard InChI is InChI=1S/C26H33N5O4/c1-8-18-11-9-10-12-21(18)28-26(27-15-20-16(2)30-31(4)17(20)3)29-25(32)19-13-22(33-5)24(35-7)23(14-19)34-6/h9-14H,8,15H2,1-7H3,(H2,27,28,29,32). The van der Waals surface area contributed by atoms with Gasteiger partial charge < -0.3 is 19.5 Å². The van der Waals surface area contributed by atoms with Crippen molar-refractivity contribution in [3.05, 3.63) is 64.5 Å². The van der Waals surface area contributed by atoms with E-state index in [0.717, 1.165) is 34.6 Å². The zero-order chi connectivity index (χ0) is 25.5. The number of hydrogen-bond donors (Lipinski definition) is 2. The van der Waals surface area contributed by atoms with E-state index in [0.29, 0.717) is 35.3 Å². The maximum absolute atomic E-state index is 13.3. The van der Waals surface area contributed by atoms with Gasteiger partial charge in [0.25, 0.3) is 5.91 Å². The first-order valence-corrected chi connectivity index (χ1v) is 11.3. The summed E-state index contributed by atoms with van der Waals surface area (Å²) in [6, 6.07) is 11.1. The van der Waals surface area contributed by atoms with Gasteiger partial charge in [-0.3, -0.25) is 14.8 Å². The lowest BCUT2D eigenvalue weighted by Crippen LogP contribution is -2.36. The van der Waals surface area contributed by atoms with Crippen LogP contribution in [-0.2, 0) is 20.0 Å². The molecule has 0 saturated heterocycles. The highest BCUT2D eigenvalue weighted by atomic mass is 16.5. The van der Waals surface area contributed by atoms with Gasteiger partial charge in [0.05, 0.1) is 33.6 Å². The lowest BCUT2D eigenvalue weighted by atomic mass is 10.1. The number of amides is 1. The summed E-state index contributed by atoms with van der Waals surface area (Å²) in [7, 11) is 6.43. The van der Waals surface area contributed by atoms with Gasteiger partial charge in [-0.1, -0.05) is 25.1 Å². The van der Waals surface area contributed by atoms with Crippen LogP contribution in [0, 0.1) is 13.8 Å². The van der Waals surface area contributed by atoms with Crippen molar-refractivity contribution in [3.63, 3.8) is 0 Å². The zero-order valence-corrected chi connectivity index (χ0v) is 21.4. The van der Waals surface area contributed by atoms with Crippen LogP contribution in [0.2, 0.25) is 0 Å². The van der Waals surface area contributed by atoms with E-state index in [9.17, 15) is 4.79 Å². The minimum atomic E-state index is -0.371. The Morgan fingerprint density at radius 1 is 1.06 bits per heavy atom. The molecule has 2 aromatic carbocycles. The number of anilines is 1. The van der Waals surface area contributed by atoms with Gasteiger partial charge in [0, 0.05) is 29.6 Å². The van der Waals surface area contributed by atoms with Crippen molar-refractivity contribution in [1.82, 2.24) is 15.1 Å². The van der Waals surface area contributed by atoms with Gasteiger partial charge in [0.1, 0.15) is 0 Å². The fourth-order valence-corrected chi connectivity index (χ4v) is 3.78. The molecule has 0 atom stereocenters. The predicted molar refractivity (Wildman–Crippen MR) is 137 cm³/mol. The van der Waals surface area contributed by atoms with Gasteiger partial charge in [0.2, 0.25) is 11.7 Å². The number of para-hydroxylation sites is 1. The van der Waals surface area contributed by atoms with Gasteiger partial charge in [-0.15, -0.1) is 0 Å². The summed E-state index contributed by atoms with van der Waals surface area (Å²) >= 11 is 0. The molecule has 9 heteroatoms. The summed E-state index contributed by atoms with van der Waals surface area (Å²) < 4.78 is 18.0. The molecule has 1 heterocycles. The molecule has 0 bridgehead atoms. The van der Waals surface area contributed by atoms with Gasteiger partial charge >= 0.3 is 0 Å². The van der Waals surface area contributed by atoms with Crippen LogP contribution in [0.4, 0.5) is 5.69 Å². The summed E-state index contributed by atoms with van der Waals surface area (Å²) in [6.45, 7) is 6.39. The summed E-state index contributed by atoms with van der Waals surface area (Å²) in [5.41, 5.74) is 5.26. The van der Waals surface area contributed by atoms with Crippen LogP contribution >= 0.6 is 0 Å². The molecule has 0 unspecified atom stereocenters. The van der Waals surface area contributed by atoms with Crippen molar-refractivity contribution in [2.24, 2.45) is 12.0 Å². The molecule has 3 aromatic rings. The smallest absolute Gasteiger partial charge is 0.258 e. The molecule has 3 rings (SSSR count). The maximum Gasteiger partial charge on any atom is 0.258 e. The lowest BCUT2D eigenvalue weighted by Gasteiger charge is -2.16. The van der Waals surface area contributed by atoms with Crippen LogP contribution < -0.4 is 24.8 Å². The number of aryl methyl sites for hydroxylation is 3. The van der Waals surface area contributed by atoms with E-state index in [1.54, 1.807) is 12.1 Å². The Balaban J connectivity index is 1.96. The van der Waals surface area contributed by atoms with Gasteiger partial charge in [-0.25, -0.2) is 4.99 Å². The van der Waals surface area contributed by atoms with E-state index in [1.165, 1.54) is 21.3 Å². The second-order valence-electron chi connectivity index (χ2n) is 7.94. The number of rotatable bonds is 8. The molecule has 9 nitrogen and oxygen atoms in total. The highest BCUT2D eigenvalue weighted by molar-refractivity contribution is 6.10. The zero-order valence-electron chi connectivity index (χ0n) is 21.4. The Labute approximate surface area is 206 Å². The molecule has 186 valence electrons. The first-order valence-electron chi connectivity index (χ1n) is 11.3. The molecular formula is C26H33N5O4. The van der Waals surface area contributed by atoms with Crippen LogP contribution in [0.15, 0.2) is 41.4 Å². The van der Waals surface area contributed by atoms with E-state index in [-0.39, 0.29) is 5.91 Å². The van der Waals surface area contributed by atoms with E-state index < -0.39 is 0 Å². The van der Waals surface area contributed by atoms with Crippen molar-refractivity contribution in [2.75, 3.05) is 26.6 Å². The number of hydrogen-bond acceptors (Lipinski definition) is 6. The van der Waals surface area contributed by atoms with Crippen LogP contribution in [0.1, 0.15) is 39.8 Å². The highest BCUT2D eigenvalue weighted by Crippen LogP contribution is 2.38. The fraction of sp³-hybridized carbons (Fsp3) is 0.346. The molecule has 0 aliphatic heterocycles. The van der Waals surface area contributed by atoms with Crippen molar-refractivity contribution < 1.29 is 19.0 Å². The second kappa shape index (κ2) is 11.4. The number of ether oxygens (including phenoxy) is 3. The summed E-state index contributed by atoms with van der Waals surface area (Å²) in [5, 5.41) is 10.7. The summed E-state index contributed by atoms with van der Waals surface area (Å²) in [4.78, 5) is 18.0. The molecule has 0 spiro atoms. The third-order valence-electron chi connectivity index (χ3n) is 5.86. The first kappa shape index (κ1) is 25.6. The number of carbonyl (C=O) groups excluding carboxylic acids is 1. The third kappa shape index (κ3) is 5.74. The molecule has 0 aliphatic rings. The number of aromatic nitrogens is 2. The van der Waals surface area contributed by atoms with Crippen LogP contribution in [0.3, 0.4) is 0 Å². The normalized spacial score (nSPS) is 11.2. The lowest BCUT2D eigenvalue weighted by molar-refractivity contribution is 0.0976. The molecule has 35 heavy (non-hydrogen) atoms. The molecule has 0 radical (unpaired) electrons. The minimum absolute atomic E-state index is 0.326. The third-order valence-corrected chi connectivity index (χ3v) is 5.86. The van der Waals surface area contributed by atoms with Gasteiger partial charge in [-0.05, 0) is 44.0 Å². The second-order valence-corrected chi connectivity index (χ2v) is 7.94. The first-order chi connectivity index (χ1) is 16.8. The average Bonchev–Trinajstić information content (AvgIpc) is 3.11. The largest absolute Gasteiger partial charge is 0.493 e. The number of nitrogens with zero attached hydrogens (tertiary/aromatic N) is 3. The average molecular weight is 480 g/mol. The molecule has 1 amide bonds. The van der Waals surface area contributed by atoms with Gasteiger partial charge in [0.15, 0.2) is 11.5 Å². The number of methoxy groups -OCH3 is 3. The fourth-order valence-electron chi connectivity index (χ4n) is 3.78. The van der Waals surface area contributed by atoms with Crippen LogP contribution in [0.5, 0.6) is 17.2 Å². The van der Waals surface area contributed by atoms with Crippen molar-refractivity contribution >= 4 is 17.6 Å². The van der Waals surface area contributed by atoms with Crippen LogP contribution in [-0.4, -0.2) is 43.0 Å². The molecule has 0 aliphatic carbocycles. The Hall–Kier alpha value is -4.01. The quantitative estimate of drug-likeness (QED) is 0.374. The highest BCUT2D eigenvalue weighted by Gasteiger charge is 2.19. The Bertz CT molecular complexity index is 1210. The SMILES string of the molecule is CCc1ccccc1NC(=NCc1c(C)nn(C)c1C)NC(=O)c1cc(OC)c(OC)c(OC)c1. The monoisotopic (exact) mass is 479 g/mol. The van der Waals surface area contributed by atoms with E-state index in [2.05, 4.69) is 22.7 Å². The predicted octanol–water partition coefficient (Wildman–Crippen LogP) is 4.02. The number of nitrogens with one attached hydrogen (secondary N) is 2. The van der Waals surface area contributed by atoms with Crippen molar-refractivity contribution in [2.45, 2.75) is 33.7 Å². The molecule has 0 saturated carbocycles. The Kier molecular flexibility index (Phi) is 8.35. The number of benzene rings is 2. The van der Waals surface area contributed by atoms with Crippen molar-refractivity contribution in [1.29, 1.82) is 0 Å². The van der Waals surface area contributed by atoms with Crippen molar-refractivity contribution in [3.8, 4) is 17.2 Å². The minimum Gasteiger partial charge on any atom is -0.493 e. The Morgan fingerprint density at radius 2 is 1.71 bits per heavy atom. The van der Waals surface area contributed by atoms with Crippen LogP contribution in [0.25, 0.3) is 0 Å². The molecule has 1 aromatic heterocycles. The molecular weight excluding hydrogens is 446 g/mol. The number of guanidine groups is 1. The Morgan fingerprint density at radius 3 is 2.26 bits per heavy atom.